The Balaban J connectivity index is 4.36. The highest BCUT2D eigenvalue weighted by Gasteiger charge is 2.12. The summed E-state index contributed by atoms with van der Waals surface area (Å²) in [4.78, 5) is 2.00. The van der Waals surface area contributed by atoms with E-state index >= 15 is 0 Å². The summed E-state index contributed by atoms with van der Waals surface area (Å²) in [5.74, 6) is 0.976. The largest absolute Gasteiger partial charge is 0.483 e. The van der Waals surface area contributed by atoms with Crippen molar-refractivity contribution in [1.29, 1.82) is 0 Å². The molecule has 0 rings (SSSR count). The molecule has 0 N–H and O–H groups in total. The topological polar surface area (TPSA) is 12.5 Å². The van der Waals surface area contributed by atoms with Crippen molar-refractivity contribution in [1.82, 2.24) is 4.90 Å². The normalized spacial score (nSPS) is 13.1. The van der Waals surface area contributed by atoms with Crippen LogP contribution in [0.15, 0.2) is 11.6 Å². The Kier molecular flexibility index (Phi) is 3.65. The lowest BCUT2D eigenvalue weighted by Crippen LogP contribution is -2.22. The Labute approximate surface area is 70.9 Å². The second kappa shape index (κ2) is 3.81. The summed E-state index contributed by atoms with van der Waals surface area (Å²) in [5.41, 5.74) is 2.24. The summed E-state index contributed by atoms with van der Waals surface area (Å²) in [6, 6.07) is 0. The molecule has 0 bridgehead atoms. The van der Waals surface area contributed by atoms with Gasteiger partial charge in [-0.05, 0) is 5.70 Å². The number of hydrogen-bond acceptors (Lipinski definition) is 2. The lowest BCUT2D eigenvalue weighted by molar-refractivity contribution is 0.195. The summed E-state index contributed by atoms with van der Waals surface area (Å²) in [6.07, 6.45) is 0. The minimum absolute atomic E-state index is 0.976. The van der Waals surface area contributed by atoms with Crippen molar-refractivity contribution < 1.29 is 4.74 Å². The molecule has 0 aliphatic carbocycles. The molecule has 0 fully saturated rings. The van der Waals surface area contributed by atoms with Crippen LogP contribution in [-0.4, -0.2) is 34.2 Å². The third-order valence-corrected chi connectivity index (χ3v) is 2.32. The van der Waals surface area contributed by atoms with Gasteiger partial charge in [-0.1, -0.05) is 19.6 Å². The zero-order valence-electron chi connectivity index (χ0n) is 8.43. The minimum Gasteiger partial charge on any atom is -0.483 e. The number of ether oxygens (including phenoxy) is 1. The maximum absolute atomic E-state index is 5.21. The Bertz CT molecular complexity index is 147. The number of nitrogens with zero attached hydrogens (tertiary/aromatic N) is 1. The van der Waals surface area contributed by atoms with Gasteiger partial charge in [-0.25, -0.2) is 0 Å². The Morgan fingerprint density at radius 2 is 1.73 bits per heavy atom. The van der Waals surface area contributed by atoms with E-state index in [4.69, 9.17) is 4.74 Å². The van der Waals surface area contributed by atoms with Gasteiger partial charge in [0.05, 0.1) is 15.2 Å². The van der Waals surface area contributed by atoms with Gasteiger partial charge in [0.15, 0.2) is 5.88 Å². The van der Waals surface area contributed by atoms with Gasteiger partial charge in [-0.2, -0.15) is 0 Å². The average molecular weight is 173 g/mol. The van der Waals surface area contributed by atoms with E-state index in [1.807, 2.05) is 19.0 Å². The van der Waals surface area contributed by atoms with Crippen LogP contribution >= 0.6 is 0 Å². The van der Waals surface area contributed by atoms with Crippen molar-refractivity contribution in [3.63, 3.8) is 0 Å². The van der Waals surface area contributed by atoms with E-state index in [2.05, 4.69) is 25.3 Å². The molecule has 0 aliphatic heterocycles. The molecule has 0 amide bonds. The fraction of sp³-hybridized carbons (Fsp3) is 0.750. The van der Waals surface area contributed by atoms with Gasteiger partial charge in [0.2, 0.25) is 0 Å². The highest BCUT2D eigenvalue weighted by molar-refractivity contribution is 6.81. The Morgan fingerprint density at radius 3 is 1.82 bits per heavy atom. The summed E-state index contributed by atoms with van der Waals surface area (Å²) in [6.45, 7) is 6.86. The molecule has 66 valence electrons. The minimum atomic E-state index is -1.13. The quantitative estimate of drug-likeness (QED) is 0.477. The monoisotopic (exact) mass is 173 g/mol. The van der Waals surface area contributed by atoms with Crippen LogP contribution in [0.2, 0.25) is 19.6 Å². The second-order valence-electron chi connectivity index (χ2n) is 3.95. The first-order valence-electron chi connectivity index (χ1n) is 3.81. The summed E-state index contributed by atoms with van der Waals surface area (Å²) < 4.78 is 5.21. The molecule has 0 aromatic heterocycles. The molecule has 0 unspecified atom stereocenters. The molecule has 0 spiro atoms. The fourth-order valence-electron chi connectivity index (χ4n) is 0.741. The lowest BCUT2D eigenvalue weighted by Gasteiger charge is -2.19. The zero-order chi connectivity index (χ0) is 9.07. The SMILES string of the molecule is COC(=C[Si](C)(C)C)N(C)C. The first-order chi connectivity index (χ1) is 4.87. The maximum atomic E-state index is 5.21. The summed E-state index contributed by atoms with van der Waals surface area (Å²) >= 11 is 0. The standard InChI is InChI=1S/C8H19NOSi/c1-9(2)8(10-3)7-11(4,5)6/h7H,1-6H3. The van der Waals surface area contributed by atoms with Gasteiger partial charge < -0.3 is 9.64 Å². The highest BCUT2D eigenvalue weighted by Crippen LogP contribution is 2.08. The predicted octanol–water partition coefficient (Wildman–Crippen LogP) is 1.91. The van der Waals surface area contributed by atoms with Crippen LogP contribution in [0.5, 0.6) is 0 Å². The first-order valence-corrected chi connectivity index (χ1v) is 7.39. The van der Waals surface area contributed by atoms with E-state index in [1.54, 1.807) is 7.11 Å². The van der Waals surface area contributed by atoms with Gasteiger partial charge in [-0.15, -0.1) is 0 Å². The molecule has 0 aromatic rings. The van der Waals surface area contributed by atoms with Crippen molar-refractivity contribution in [2.75, 3.05) is 21.2 Å². The van der Waals surface area contributed by atoms with Crippen LogP contribution in [0.25, 0.3) is 0 Å². The van der Waals surface area contributed by atoms with Crippen molar-refractivity contribution in [3.05, 3.63) is 11.6 Å². The molecule has 0 radical (unpaired) electrons. The molecule has 0 aromatic carbocycles. The highest BCUT2D eigenvalue weighted by atomic mass is 28.3. The zero-order valence-corrected chi connectivity index (χ0v) is 9.43. The molecule has 3 heteroatoms. The van der Waals surface area contributed by atoms with Crippen LogP contribution in [0.3, 0.4) is 0 Å². The molecule has 0 aliphatic rings. The molecule has 0 saturated heterocycles. The van der Waals surface area contributed by atoms with Crippen LogP contribution in [0.4, 0.5) is 0 Å². The van der Waals surface area contributed by atoms with Crippen molar-refractivity contribution in [2.24, 2.45) is 0 Å². The maximum Gasteiger partial charge on any atom is 0.180 e. The molecule has 0 saturated carbocycles. The van der Waals surface area contributed by atoms with Crippen molar-refractivity contribution in [3.8, 4) is 0 Å². The van der Waals surface area contributed by atoms with Crippen molar-refractivity contribution >= 4 is 8.07 Å². The van der Waals surface area contributed by atoms with Crippen LogP contribution in [0.1, 0.15) is 0 Å². The van der Waals surface area contributed by atoms with Gasteiger partial charge in [0.1, 0.15) is 0 Å². The summed E-state index contributed by atoms with van der Waals surface area (Å²) in [5, 5.41) is 0. The Hall–Kier alpha value is -0.443. The molecule has 0 atom stereocenters. The third kappa shape index (κ3) is 4.90. The van der Waals surface area contributed by atoms with Gasteiger partial charge >= 0.3 is 0 Å². The van der Waals surface area contributed by atoms with E-state index < -0.39 is 8.07 Å². The van der Waals surface area contributed by atoms with Crippen LogP contribution in [-0.2, 0) is 4.74 Å². The number of hydrogen-bond donors (Lipinski definition) is 0. The van der Waals surface area contributed by atoms with E-state index in [1.165, 1.54) is 0 Å². The third-order valence-electron chi connectivity index (χ3n) is 1.21. The van der Waals surface area contributed by atoms with Gasteiger partial charge in [0.25, 0.3) is 0 Å². The van der Waals surface area contributed by atoms with E-state index in [9.17, 15) is 0 Å². The number of rotatable bonds is 3. The van der Waals surface area contributed by atoms with Crippen LogP contribution in [0, 0.1) is 0 Å². The van der Waals surface area contributed by atoms with Gasteiger partial charge in [-0.3, -0.25) is 0 Å². The van der Waals surface area contributed by atoms with E-state index in [0.29, 0.717) is 0 Å². The lowest BCUT2D eigenvalue weighted by atomic mass is 10.8. The van der Waals surface area contributed by atoms with Crippen molar-refractivity contribution in [2.45, 2.75) is 19.6 Å². The predicted molar refractivity (Wildman–Crippen MR) is 52.1 cm³/mol. The molecule has 11 heavy (non-hydrogen) atoms. The van der Waals surface area contributed by atoms with Crippen LogP contribution < -0.4 is 0 Å². The Morgan fingerprint density at radius 1 is 1.27 bits per heavy atom. The fourth-order valence-corrected chi connectivity index (χ4v) is 1.86. The summed E-state index contributed by atoms with van der Waals surface area (Å²) in [7, 11) is 4.57. The van der Waals surface area contributed by atoms with Gasteiger partial charge in [0, 0.05) is 14.1 Å². The second-order valence-corrected chi connectivity index (χ2v) is 8.97. The molecular formula is C8H19NOSi. The molecular weight excluding hydrogens is 154 g/mol. The first kappa shape index (κ1) is 10.6. The average Bonchev–Trinajstić information content (AvgIpc) is 1.80. The number of methoxy groups -OCH3 is 1. The smallest absolute Gasteiger partial charge is 0.180 e. The van der Waals surface area contributed by atoms with E-state index in [0.717, 1.165) is 5.88 Å². The molecule has 2 nitrogen and oxygen atoms in total. The van der Waals surface area contributed by atoms with E-state index in [-0.39, 0.29) is 0 Å². The molecule has 0 heterocycles.